The number of carbonyl (C=O) groups is 1. The van der Waals surface area contributed by atoms with Gasteiger partial charge < -0.3 is 21.1 Å². The Bertz CT molecular complexity index is 467. The molecule has 0 radical (unpaired) electrons. The minimum Gasteiger partial charge on any atom is -0.396 e. The van der Waals surface area contributed by atoms with Crippen molar-refractivity contribution in [1.29, 1.82) is 0 Å². The normalized spacial score (nSPS) is 19.6. The number of nitrogens with zero attached hydrogens (tertiary/aromatic N) is 1. The number of aliphatic hydroxyl groups is 1. The highest BCUT2D eigenvalue weighted by atomic mass is 19.1. The number of hydrogen-bond donors (Lipinski definition) is 3. The molecule has 1 amide bonds. The molecule has 0 aliphatic carbocycles. The van der Waals surface area contributed by atoms with Crippen LogP contribution in [-0.4, -0.2) is 41.7 Å². The van der Waals surface area contributed by atoms with E-state index in [1.165, 1.54) is 18.2 Å². The fourth-order valence-electron chi connectivity index (χ4n) is 2.12. The molecule has 0 spiro atoms. The van der Waals surface area contributed by atoms with Crippen LogP contribution in [0.25, 0.3) is 0 Å². The van der Waals surface area contributed by atoms with Crippen LogP contribution in [-0.2, 0) is 4.79 Å². The van der Waals surface area contributed by atoms with Gasteiger partial charge >= 0.3 is 0 Å². The van der Waals surface area contributed by atoms with Gasteiger partial charge in [0.15, 0.2) is 0 Å². The average Bonchev–Trinajstić information content (AvgIpc) is 2.77. The van der Waals surface area contributed by atoms with E-state index in [0.717, 1.165) is 13.0 Å². The molecule has 0 aromatic heterocycles. The predicted molar refractivity (Wildman–Crippen MR) is 71.1 cm³/mol. The molecule has 6 heteroatoms. The minimum absolute atomic E-state index is 0.0143. The number of benzene rings is 1. The van der Waals surface area contributed by atoms with Crippen LogP contribution in [0.15, 0.2) is 18.2 Å². The maximum atomic E-state index is 13.0. The zero-order valence-electron chi connectivity index (χ0n) is 10.6. The van der Waals surface area contributed by atoms with Crippen LogP contribution in [0.3, 0.4) is 0 Å². The van der Waals surface area contributed by atoms with Crippen molar-refractivity contribution < 1.29 is 14.3 Å². The quantitative estimate of drug-likeness (QED) is 0.705. The lowest BCUT2D eigenvalue weighted by Crippen LogP contribution is -2.26. The Kier molecular flexibility index (Phi) is 4.34. The van der Waals surface area contributed by atoms with Crippen molar-refractivity contribution in [3.8, 4) is 0 Å². The van der Waals surface area contributed by atoms with Crippen LogP contribution < -0.4 is 11.1 Å². The van der Waals surface area contributed by atoms with Crippen LogP contribution >= 0.6 is 0 Å². The standard InChI is InChI=1S/C13H18FN3O2/c14-11-2-1-9(7-12(11)15)16-13(19)4-6-17-5-3-10(18)8-17/h1-2,7,10,18H,3-6,8,15H2,(H,16,19). The van der Waals surface area contributed by atoms with Crippen LogP contribution in [0, 0.1) is 5.82 Å². The van der Waals surface area contributed by atoms with Gasteiger partial charge in [0.25, 0.3) is 0 Å². The second kappa shape index (κ2) is 5.99. The molecule has 1 unspecified atom stereocenters. The first kappa shape index (κ1) is 13.8. The molecule has 1 aromatic carbocycles. The summed E-state index contributed by atoms with van der Waals surface area (Å²) in [5.74, 6) is -0.642. The monoisotopic (exact) mass is 267 g/mol. The second-order valence-electron chi connectivity index (χ2n) is 4.78. The lowest BCUT2D eigenvalue weighted by molar-refractivity contribution is -0.116. The van der Waals surface area contributed by atoms with Crippen LogP contribution in [0.2, 0.25) is 0 Å². The summed E-state index contributed by atoms with van der Waals surface area (Å²) >= 11 is 0. The zero-order chi connectivity index (χ0) is 13.8. The zero-order valence-corrected chi connectivity index (χ0v) is 10.6. The number of hydrogen-bond acceptors (Lipinski definition) is 4. The molecule has 4 N–H and O–H groups in total. The van der Waals surface area contributed by atoms with Crippen molar-refractivity contribution in [3.63, 3.8) is 0 Å². The van der Waals surface area contributed by atoms with E-state index in [0.29, 0.717) is 25.2 Å². The van der Waals surface area contributed by atoms with Crippen molar-refractivity contribution in [2.75, 3.05) is 30.7 Å². The second-order valence-corrected chi connectivity index (χ2v) is 4.78. The van der Waals surface area contributed by atoms with Crippen molar-refractivity contribution in [1.82, 2.24) is 4.90 Å². The maximum absolute atomic E-state index is 13.0. The summed E-state index contributed by atoms with van der Waals surface area (Å²) in [5.41, 5.74) is 5.93. The molecule has 2 rings (SSSR count). The van der Waals surface area contributed by atoms with Crippen molar-refractivity contribution >= 4 is 17.3 Å². The van der Waals surface area contributed by atoms with E-state index >= 15 is 0 Å². The number of β-amino-alcohol motifs (C(OH)–C–C–N with tert-alkyl or cyclic N) is 1. The molecule has 1 aromatic rings. The third-order valence-electron chi connectivity index (χ3n) is 3.18. The number of halogens is 1. The molecule has 1 saturated heterocycles. The average molecular weight is 267 g/mol. The van der Waals surface area contributed by atoms with Gasteiger partial charge in [0.05, 0.1) is 11.8 Å². The third kappa shape index (κ3) is 3.90. The molecule has 0 bridgehead atoms. The molecule has 1 aliphatic heterocycles. The topological polar surface area (TPSA) is 78.6 Å². The maximum Gasteiger partial charge on any atom is 0.225 e. The summed E-state index contributed by atoms with van der Waals surface area (Å²) in [6, 6.07) is 4.10. The van der Waals surface area contributed by atoms with Gasteiger partial charge in [-0.1, -0.05) is 0 Å². The number of amides is 1. The lowest BCUT2D eigenvalue weighted by atomic mass is 10.2. The molecule has 1 aliphatic rings. The number of nitrogens with one attached hydrogen (secondary N) is 1. The van der Waals surface area contributed by atoms with Gasteiger partial charge in [-0.15, -0.1) is 0 Å². The minimum atomic E-state index is -0.496. The highest BCUT2D eigenvalue weighted by Gasteiger charge is 2.20. The summed E-state index contributed by atoms with van der Waals surface area (Å²) in [6.45, 7) is 2.05. The van der Waals surface area contributed by atoms with Gasteiger partial charge in [-0.3, -0.25) is 4.79 Å². The highest BCUT2D eigenvalue weighted by molar-refractivity contribution is 5.91. The SMILES string of the molecule is Nc1cc(NC(=O)CCN2CCC(O)C2)ccc1F. The number of anilines is 2. The largest absolute Gasteiger partial charge is 0.396 e. The molecule has 5 nitrogen and oxygen atoms in total. The first-order valence-corrected chi connectivity index (χ1v) is 6.30. The highest BCUT2D eigenvalue weighted by Crippen LogP contribution is 2.16. The number of rotatable bonds is 4. The molecule has 1 atom stereocenters. The van der Waals surface area contributed by atoms with Crippen molar-refractivity contribution in [2.24, 2.45) is 0 Å². The molecular formula is C13H18FN3O2. The third-order valence-corrected chi connectivity index (χ3v) is 3.18. The number of aliphatic hydroxyl groups excluding tert-OH is 1. The Labute approximate surface area is 111 Å². The summed E-state index contributed by atoms with van der Waals surface area (Å²) in [7, 11) is 0. The summed E-state index contributed by atoms with van der Waals surface area (Å²) in [5, 5.41) is 12.0. The van der Waals surface area contributed by atoms with Gasteiger partial charge in [0.2, 0.25) is 5.91 Å². The number of likely N-dealkylation sites (tertiary alicyclic amines) is 1. The first-order valence-electron chi connectivity index (χ1n) is 6.30. The molecule has 19 heavy (non-hydrogen) atoms. The fraction of sp³-hybridized carbons (Fsp3) is 0.462. The van der Waals surface area contributed by atoms with E-state index in [1.807, 2.05) is 4.90 Å². The van der Waals surface area contributed by atoms with Gasteiger partial charge in [-0.25, -0.2) is 4.39 Å². The number of nitrogens with two attached hydrogens (primary N) is 1. The van der Waals surface area contributed by atoms with Gasteiger partial charge in [0, 0.05) is 31.7 Å². The first-order chi connectivity index (χ1) is 9.04. The predicted octanol–water partition coefficient (Wildman–Crippen LogP) is 0.803. The van der Waals surface area contributed by atoms with Crippen LogP contribution in [0.4, 0.5) is 15.8 Å². The van der Waals surface area contributed by atoms with Crippen molar-refractivity contribution in [3.05, 3.63) is 24.0 Å². The molecule has 1 heterocycles. The Morgan fingerprint density at radius 3 is 3.00 bits per heavy atom. The van der Waals surface area contributed by atoms with Crippen LogP contribution in [0.1, 0.15) is 12.8 Å². The van der Waals surface area contributed by atoms with Crippen LogP contribution in [0.5, 0.6) is 0 Å². The fourth-order valence-corrected chi connectivity index (χ4v) is 2.12. The molecule has 1 fully saturated rings. The molecule has 0 saturated carbocycles. The number of nitrogen functional groups attached to an aromatic ring is 1. The van der Waals surface area contributed by atoms with E-state index in [2.05, 4.69) is 5.32 Å². The lowest BCUT2D eigenvalue weighted by Gasteiger charge is -2.14. The van der Waals surface area contributed by atoms with E-state index in [-0.39, 0.29) is 17.7 Å². The van der Waals surface area contributed by atoms with E-state index in [9.17, 15) is 14.3 Å². The van der Waals surface area contributed by atoms with Gasteiger partial charge in [0.1, 0.15) is 5.82 Å². The van der Waals surface area contributed by atoms with Gasteiger partial charge in [-0.2, -0.15) is 0 Å². The summed E-state index contributed by atoms with van der Waals surface area (Å²) in [4.78, 5) is 13.8. The summed E-state index contributed by atoms with van der Waals surface area (Å²) < 4.78 is 13.0. The molecular weight excluding hydrogens is 249 g/mol. The van der Waals surface area contributed by atoms with E-state index in [4.69, 9.17) is 5.73 Å². The smallest absolute Gasteiger partial charge is 0.225 e. The van der Waals surface area contributed by atoms with E-state index in [1.54, 1.807) is 0 Å². The Morgan fingerprint density at radius 2 is 2.37 bits per heavy atom. The Hall–Kier alpha value is -1.66. The van der Waals surface area contributed by atoms with E-state index < -0.39 is 5.82 Å². The Balaban J connectivity index is 1.79. The van der Waals surface area contributed by atoms with Crippen molar-refractivity contribution in [2.45, 2.75) is 18.9 Å². The number of carbonyl (C=O) groups excluding carboxylic acids is 1. The summed E-state index contributed by atoms with van der Waals surface area (Å²) in [6.07, 6.45) is 0.820. The van der Waals surface area contributed by atoms with Gasteiger partial charge in [-0.05, 0) is 24.6 Å². The molecule has 104 valence electrons. The Morgan fingerprint density at radius 1 is 1.58 bits per heavy atom.